The molecule has 0 fully saturated rings. The predicted octanol–water partition coefficient (Wildman–Crippen LogP) is 6.52. The smallest absolute Gasteiger partial charge is 0.339 e. The summed E-state index contributed by atoms with van der Waals surface area (Å²) in [6.45, 7) is 0. The molecule has 146 valence electrons. The molecule has 0 aliphatic rings. The average Bonchev–Trinajstić information content (AvgIpc) is 2.81. The van der Waals surface area contributed by atoms with Crippen molar-refractivity contribution in [2.75, 3.05) is 0 Å². The van der Waals surface area contributed by atoms with E-state index >= 15 is 0 Å². The molecule has 4 aromatic rings. The van der Waals surface area contributed by atoms with Gasteiger partial charge in [-0.15, -0.1) is 0 Å². The SMILES string of the molecule is O=C(/C=C/Oc1ccc(-c2ccccc2)cc1)Oc1ccc(-c2ccccc2)cc1. The minimum Gasteiger partial charge on any atom is -0.465 e. The first-order chi connectivity index (χ1) is 14.8. The van der Waals surface area contributed by atoms with E-state index in [0.29, 0.717) is 11.5 Å². The van der Waals surface area contributed by atoms with Gasteiger partial charge in [-0.1, -0.05) is 84.9 Å². The van der Waals surface area contributed by atoms with Crippen molar-refractivity contribution < 1.29 is 14.3 Å². The van der Waals surface area contributed by atoms with Crippen molar-refractivity contribution in [3.63, 3.8) is 0 Å². The minimum absolute atomic E-state index is 0.483. The summed E-state index contributed by atoms with van der Waals surface area (Å²) in [7, 11) is 0. The van der Waals surface area contributed by atoms with Gasteiger partial charge in [0.05, 0.1) is 12.3 Å². The fraction of sp³-hybridized carbons (Fsp3) is 0. The summed E-state index contributed by atoms with van der Waals surface area (Å²) in [6, 6.07) is 35.2. The summed E-state index contributed by atoms with van der Waals surface area (Å²) in [5.74, 6) is 0.630. The Kier molecular flexibility index (Phi) is 6.02. The molecule has 0 atom stereocenters. The standard InChI is InChI=1S/C27H20O3/c28-27(30-26-17-13-24(14-18-26)22-9-5-2-6-10-22)19-20-29-25-15-11-23(12-16-25)21-7-3-1-4-8-21/h1-20H/b20-19+. The lowest BCUT2D eigenvalue weighted by Gasteiger charge is -2.05. The molecule has 4 rings (SSSR count). The van der Waals surface area contributed by atoms with Crippen LogP contribution in [0.5, 0.6) is 11.5 Å². The Morgan fingerprint density at radius 1 is 0.533 bits per heavy atom. The minimum atomic E-state index is -0.497. The molecule has 0 saturated carbocycles. The van der Waals surface area contributed by atoms with Crippen LogP contribution in [0.1, 0.15) is 0 Å². The number of hydrogen-bond acceptors (Lipinski definition) is 3. The molecule has 4 aromatic carbocycles. The Balaban J connectivity index is 1.31. The Bertz CT molecular complexity index is 1110. The van der Waals surface area contributed by atoms with Gasteiger partial charge in [0.25, 0.3) is 0 Å². The van der Waals surface area contributed by atoms with Crippen LogP contribution in [-0.2, 0) is 4.79 Å². The third-order valence-corrected chi connectivity index (χ3v) is 4.55. The Morgan fingerprint density at radius 2 is 0.967 bits per heavy atom. The van der Waals surface area contributed by atoms with E-state index in [-0.39, 0.29) is 0 Å². The highest BCUT2D eigenvalue weighted by Crippen LogP contribution is 2.23. The van der Waals surface area contributed by atoms with E-state index in [0.717, 1.165) is 22.3 Å². The molecular weight excluding hydrogens is 372 g/mol. The van der Waals surface area contributed by atoms with Crippen LogP contribution in [0.2, 0.25) is 0 Å². The summed E-state index contributed by atoms with van der Waals surface area (Å²) in [4.78, 5) is 12.0. The Labute approximate surface area is 175 Å². The third kappa shape index (κ3) is 5.03. The number of ether oxygens (including phenoxy) is 2. The zero-order valence-corrected chi connectivity index (χ0v) is 16.3. The van der Waals surface area contributed by atoms with Crippen LogP contribution < -0.4 is 9.47 Å². The summed E-state index contributed by atoms with van der Waals surface area (Å²) in [5, 5.41) is 0. The quantitative estimate of drug-likeness (QED) is 0.162. The molecule has 0 spiro atoms. The number of carbonyl (C=O) groups is 1. The van der Waals surface area contributed by atoms with Crippen molar-refractivity contribution in [2.24, 2.45) is 0 Å². The van der Waals surface area contributed by atoms with Crippen LogP contribution in [0, 0.1) is 0 Å². The lowest BCUT2D eigenvalue weighted by molar-refractivity contribution is -0.129. The van der Waals surface area contributed by atoms with Crippen LogP contribution in [0.3, 0.4) is 0 Å². The Hall–Kier alpha value is -4.11. The molecule has 3 nitrogen and oxygen atoms in total. The topological polar surface area (TPSA) is 35.5 Å². The molecule has 0 radical (unpaired) electrons. The van der Waals surface area contributed by atoms with E-state index in [9.17, 15) is 4.79 Å². The number of hydrogen-bond donors (Lipinski definition) is 0. The van der Waals surface area contributed by atoms with Crippen LogP contribution in [0.4, 0.5) is 0 Å². The van der Waals surface area contributed by atoms with Gasteiger partial charge in [-0.3, -0.25) is 0 Å². The van der Waals surface area contributed by atoms with Gasteiger partial charge >= 0.3 is 5.97 Å². The first-order valence-corrected chi connectivity index (χ1v) is 9.64. The van der Waals surface area contributed by atoms with Crippen LogP contribution in [0.25, 0.3) is 22.3 Å². The van der Waals surface area contributed by atoms with Gasteiger partial charge in [-0.05, 0) is 46.5 Å². The maximum absolute atomic E-state index is 12.0. The third-order valence-electron chi connectivity index (χ3n) is 4.55. The van der Waals surface area contributed by atoms with Gasteiger partial charge in [0.1, 0.15) is 11.5 Å². The summed E-state index contributed by atoms with van der Waals surface area (Å²) in [5.41, 5.74) is 4.42. The monoisotopic (exact) mass is 392 g/mol. The Morgan fingerprint density at radius 3 is 1.47 bits per heavy atom. The molecule has 0 heterocycles. The molecule has 3 heteroatoms. The molecule has 0 aliphatic carbocycles. The number of esters is 1. The highest BCUT2D eigenvalue weighted by Gasteiger charge is 2.03. The van der Waals surface area contributed by atoms with Crippen LogP contribution in [0.15, 0.2) is 122 Å². The van der Waals surface area contributed by atoms with Crippen molar-refractivity contribution in [2.45, 2.75) is 0 Å². The first kappa shape index (κ1) is 19.2. The van der Waals surface area contributed by atoms with Crippen molar-refractivity contribution in [3.05, 3.63) is 122 Å². The van der Waals surface area contributed by atoms with Crippen LogP contribution in [-0.4, -0.2) is 5.97 Å². The molecule has 0 bridgehead atoms. The number of benzene rings is 4. The molecule has 0 amide bonds. The fourth-order valence-electron chi connectivity index (χ4n) is 3.02. The zero-order valence-electron chi connectivity index (χ0n) is 16.3. The molecule has 30 heavy (non-hydrogen) atoms. The highest BCUT2D eigenvalue weighted by molar-refractivity contribution is 5.84. The zero-order chi connectivity index (χ0) is 20.6. The molecule has 0 aliphatic heterocycles. The second-order valence-electron chi connectivity index (χ2n) is 6.62. The maximum atomic E-state index is 12.0. The van der Waals surface area contributed by atoms with E-state index in [2.05, 4.69) is 12.1 Å². The van der Waals surface area contributed by atoms with Crippen molar-refractivity contribution in [1.29, 1.82) is 0 Å². The van der Waals surface area contributed by atoms with E-state index in [1.54, 1.807) is 12.1 Å². The normalized spacial score (nSPS) is 10.7. The maximum Gasteiger partial charge on any atom is 0.339 e. The predicted molar refractivity (Wildman–Crippen MR) is 119 cm³/mol. The summed E-state index contributed by atoms with van der Waals surface area (Å²) >= 11 is 0. The highest BCUT2D eigenvalue weighted by atomic mass is 16.5. The molecule has 0 N–H and O–H groups in total. The second-order valence-corrected chi connectivity index (χ2v) is 6.62. The molecule has 0 aromatic heterocycles. The molecular formula is C27H20O3. The number of rotatable bonds is 6. The van der Waals surface area contributed by atoms with Gasteiger partial charge in [-0.2, -0.15) is 0 Å². The fourth-order valence-corrected chi connectivity index (χ4v) is 3.02. The van der Waals surface area contributed by atoms with Crippen molar-refractivity contribution in [3.8, 4) is 33.8 Å². The van der Waals surface area contributed by atoms with E-state index in [1.165, 1.54) is 12.3 Å². The van der Waals surface area contributed by atoms with Crippen molar-refractivity contribution >= 4 is 5.97 Å². The van der Waals surface area contributed by atoms with Gasteiger partial charge < -0.3 is 9.47 Å². The lowest BCUT2D eigenvalue weighted by Crippen LogP contribution is -2.04. The van der Waals surface area contributed by atoms with Gasteiger partial charge in [-0.25, -0.2) is 4.79 Å². The largest absolute Gasteiger partial charge is 0.465 e. The van der Waals surface area contributed by atoms with E-state index in [4.69, 9.17) is 9.47 Å². The molecule has 0 saturated heterocycles. The van der Waals surface area contributed by atoms with Gasteiger partial charge in [0, 0.05) is 0 Å². The van der Waals surface area contributed by atoms with Crippen LogP contribution >= 0.6 is 0 Å². The molecule has 0 unspecified atom stereocenters. The number of carbonyl (C=O) groups excluding carboxylic acids is 1. The summed E-state index contributed by atoms with van der Waals surface area (Å²) in [6.07, 6.45) is 2.59. The summed E-state index contributed by atoms with van der Waals surface area (Å²) < 4.78 is 10.8. The van der Waals surface area contributed by atoms with E-state index < -0.39 is 5.97 Å². The van der Waals surface area contributed by atoms with E-state index in [1.807, 2.05) is 84.9 Å². The first-order valence-electron chi connectivity index (χ1n) is 9.64. The van der Waals surface area contributed by atoms with Gasteiger partial charge in [0.15, 0.2) is 0 Å². The van der Waals surface area contributed by atoms with Gasteiger partial charge in [0.2, 0.25) is 0 Å². The lowest BCUT2D eigenvalue weighted by atomic mass is 10.1. The van der Waals surface area contributed by atoms with Crippen molar-refractivity contribution in [1.82, 2.24) is 0 Å². The average molecular weight is 392 g/mol. The second kappa shape index (κ2) is 9.39.